The van der Waals surface area contributed by atoms with Crippen LogP contribution < -0.4 is 0 Å². The van der Waals surface area contributed by atoms with Gasteiger partial charge in [0.2, 0.25) is 0 Å². The van der Waals surface area contributed by atoms with E-state index in [4.69, 9.17) is 0 Å². The van der Waals surface area contributed by atoms with Gasteiger partial charge in [-0.2, -0.15) is 74.6 Å². The van der Waals surface area contributed by atoms with Crippen LogP contribution in [0.25, 0.3) is 0 Å². The molecule has 178 valence electrons. The zero-order chi connectivity index (χ0) is 24.6. The lowest BCUT2D eigenvalue weighted by Gasteiger charge is -2.63. The number of hydrogen-bond acceptors (Lipinski definition) is 1. The maximum Gasteiger partial charge on any atom is 0.469 e. The van der Waals surface area contributed by atoms with E-state index in [0.717, 1.165) is 0 Å². The standard InChI is InChI=1S/C10F19N/c11-1-2(12,4(15,16)7(21,22)6(19,20)3(1,13)14)8(23,24)30(10(27,28)29)9(25,26)5(1,17)18/t1-,2-/m0/s1. The van der Waals surface area contributed by atoms with E-state index in [1.165, 1.54) is 0 Å². The largest absolute Gasteiger partial charge is 0.469 e. The number of piperidine rings is 1. The average Bonchev–Trinajstić information content (AvgIpc) is 2.47. The summed E-state index contributed by atoms with van der Waals surface area (Å²) in [4.78, 5) is -4.52. The van der Waals surface area contributed by atoms with Crippen LogP contribution in [0, 0.1) is 0 Å². The molecule has 0 unspecified atom stereocenters. The maximum atomic E-state index is 14.4. The van der Waals surface area contributed by atoms with Gasteiger partial charge in [0, 0.05) is 0 Å². The summed E-state index contributed by atoms with van der Waals surface area (Å²) in [5.41, 5.74) is -17.4. The van der Waals surface area contributed by atoms with Crippen molar-refractivity contribution in [3.8, 4) is 0 Å². The van der Waals surface area contributed by atoms with Crippen LogP contribution in [0.15, 0.2) is 0 Å². The maximum absolute atomic E-state index is 14.4. The van der Waals surface area contributed by atoms with Crippen LogP contribution in [-0.2, 0) is 0 Å². The Morgan fingerprint density at radius 3 is 0.967 bits per heavy atom. The molecule has 20 heteroatoms. The van der Waals surface area contributed by atoms with Crippen LogP contribution >= 0.6 is 0 Å². The molecule has 1 aliphatic heterocycles. The molecule has 0 spiro atoms. The fraction of sp³-hybridized carbons (Fsp3) is 1.00. The van der Waals surface area contributed by atoms with Gasteiger partial charge in [-0.15, -0.1) is 0 Å². The second kappa shape index (κ2) is 5.16. The highest BCUT2D eigenvalue weighted by Crippen LogP contribution is 2.79. The molecule has 0 N–H and O–H groups in total. The first kappa shape index (κ1) is 24.9. The van der Waals surface area contributed by atoms with Gasteiger partial charge >= 0.3 is 53.7 Å². The van der Waals surface area contributed by atoms with Crippen LogP contribution in [0.2, 0.25) is 0 Å². The summed E-state index contributed by atoms with van der Waals surface area (Å²) in [5.74, 6) is -42.2. The molecule has 0 aromatic rings. The van der Waals surface area contributed by atoms with Crippen molar-refractivity contribution in [2.24, 2.45) is 0 Å². The minimum absolute atomic E-state index is 4.52. The van der Waals surface area contributed by atoms with Crippen molar-refractivity contribution in [1.82, 2.24) is 4.90 Å². The Bertz CT molecular complexity index is 749. The van der Waals surface area contributed by atoms with E-state index in [1.54, 1.807) is 0 Å². The molecule has 0 amide bonds. The van der Waals surface area contributed by atoms with Gasteiger partial charge < -0.3 is 0 Å². The molecule has 2 fully saturated rings. The number of alkyl halides is 19. The van der Waals surface area contributed by atoms with Crippen molar-refractivity contribution in [3.63, 3.8) is 0 Å². The fourth-order valence-electron chi connectivity index (χ4n) is 3.07. The summed E-state index contributed by atoms with van der Waals surface area (Å²) < 4.78 is 255. The van der Waals surface area contributed by atoms with Gasteiger partial charge in [-0.25, -0.2) is 8.78 Å². The Morgan fingerprint density at radius 2 is 0.667 bits per heavy atom. The quantitative estimate of drug-likeness (QED) is 0.312. The van der Waals surface area contributed by atoms with Crippen LogP contribution in [0.4, 0.5) is 83.4 Å². The third kappa shape index (κ3) is 1.84. The molecular formula is C10F19N. The lowest BCUT2D eigenvalue weighted by atomic mass is 9.59. The topological polar surface area (TPSA) is 3.24 Å². The second-order valence-electron chi connectivity index (χ2n) is 6.07. The van der Waals surface area contributed by atoms with Gasteiger partial charge in [-0.1, -0.05) is 4.90 Å². The van der Waals surface area contributed by atoms with Crippen LogP contribution in [0.3, 0.4) is 0 Å². The summed E-state index contributed by atoms with van der Waals surface area (Å²) in [5, 5.41) is 0. The summed E-state index contributed by atoms with van der Waals surface area (Å²) in [6.07, 6.45) is -7.82. The molecule has 30 heavy (non-hydrogen) atoms. The highest BCUT2D eigenvalue weighted by atomic mass is 19.4. The van der Waals surface area contributed by atoms with E-state index >= 15 is 0 Å². The fourth-order valence-corrected chi connectivity index (χ4v) is 3.07. The summed E-state index contributed by atoms with van der Waals surface area (Å²) in [6, 6.07) is -16.6. The Hall–Kier alpha value is -1.37. The third-order valence-corrected chi connectivity index (χ3v) is 4.56. The monoisotopic (exact) mass is 495 g/mol. The van der Waals surface area contributed by atoms with Crippen LogP contribution in [0.5, 0.6) is 0 Å². The minimum atomic E-state index is -8.71. The number of rotatable bonds is 0. The van der Waals surface area contributed by atoms with Crippen LogP contribution in [0.1, 0.15) is 0 Å². The lowest BCUT2D eigenvalue weighted by Crippen LogP contribution is -2.98. The predicted octanol–water partition coefficient (Wildman–Crippen LogP) is 5.61. The Morgan fingerprint density at radius 1 is 0.367 bits per heavy atom. The molecule has 1 nitrogen and oxygen atoms in total. The number of hydrogen-bond donors (Lipinski definition) is 0. The molecule has 1 heterocycles. The van der Waals surface area contributed by atoms with Gasteiger partial charge in [0.15, 0.2) is 0 Å². The number of halogens is 19. The summed E-state index contributed by atoms with van der Waals surface area (Å²) in [7, 11) is 0. The van der Waals surface area contributed by atoms with E-state index in [1.807, 2.05) is 0 Å². The molecular weight excluding hydrogens is 495 g/mol. The van der Waals surface area contributed by atoms with Crippen molar-refractivity contribution >= 4 is 0 Å². The highest BCUT2D eigenvalue weighted by Gasteiger charge is 3.13. The second-order valence-corrected chi connectivity index (χ2v) is 6.07. The molecule has 1 saturated heterocycles. The van der Waals surface area contributed by atoms with Gasteiger partial charge in [0.1, 0.15) is 0 Å². The molecule has 0 aromatic carbocycles. The Labute approximate surface area is 149 Å². The molecule has 1 saturated carbocycles. The predicted molar refractivity (Wildman–Crippen MR) is 50.2 cm³/mol. The smallest absolute Gasteiger partial charge is 0.226 e. The van der Waals surface area contributed by atoms with Gasteiger partial charge in [0.05, 0.1) is 0 Å². The first-order chi connectivity index (χ1) is 12.6. The zero-order valence-electron chi connectivity index (χ0n) is 12.6. The molecule has 0 radical (unpaired) electrons. The summed E-state index contributed by atoms with van der Waals surface area (Å²) in [6.45, 7) is 0. The molecule has 1 aliphatic carbocycles. The summed E-state index contributed by atoms with van der Waals surface area (Å²) >= 11 is 0. The normalized spacial score (nSPS) is 40.5. The van der Waals surface area contributed by atoms with Crippen LogP contribution in [-0.4, -0.2) is 64.2 Å². The van der Waals surface area contributed by atoms with E-state index in [-0.39, 0.29) is 0 Å². The molecule has 2 rings (SSSR count). The highest BCUT2D eigenvalue weighted by molar-refractivity contribution is 5.39. The van der Waals surface area contributed by atoms with E-state index in [0.29, 0.717) is 0 Å². The first-order valence-corrected chi connectivity index (χ1v) is 6.51. The molecule has 0 aromatic heterocycles. The molecule has 2 atom stereocenters. The van der Waals surface area contributed by atoms with Crippen molar-refractivity contribution in [2.75, 3.05) is 0 Å². The third-order valence-electron chi connectivity index (χ3n) is 4.56. The number of fused-ring (bicyclic) bond motifs is 1. The van der Waals surface area contributed by atoms with Gasteiger partial charge in [-0.3, -0.25) is 0 Å². The van der Waals surface area contributed by atoms with Crippen molar-refractivity contribution in [2.45, 2.75) is 59.3 Å². The Kier molecular flexibility index (Phi) is 4.28. The lowest BCUT2D eigenvalue weighted by molar-refractivity contribution is -0.584. The number of nitrogens with zero attached hydrogens (tertiary/aromatic N) is 1. The van der Waals surface area contributed by atoms with E-state index < -0.39 is 64.2 Å². The molecule has 0 bridgehead atoms. The minimum Gasteiger partial charge on any atom is -0.226 e. The van der Waals surface area contributed by atoms with Crippen molar-refractivity contribution in [3.05, 3.63) is 0 Å². The number of likely N-dealkylation sites (tertiary alicyclic amines) is 1. The van der Waals surface area contributed by atoms with Gasteiger partial charge in [-0.05, 0) is 0 Å². The zero-order valence-corrected chi connectivity index (χ0v) is 12.6. The van der Waals surface area contributed by atoms with E-state index in [9.17, 15) is 83.4 Å². The first-order valence-electron chi connectivity index (χ1n) is 6.51. The van der Waals surface area contributed by atoms with Gasteiger partial charge in [0.25, 0.3) is 5.67 Å². The van der Waals surface area contributed by atoms with Crippen molar-refractivity contribution in [1.29, 1.82) is 0 Å². The average molecular weight is 495 g/mol. The van der Waals surface area contributed by atoms with E-state index in [2.05, 4.69) is 0 Å². The Balaban J connectivity index is 3.23. The molecule has 2 aliphatic rings. The SMILES string of the molecule is FC(F)(F)N1C(F)(F)C(F)(F)[C@@]2(F)C(F)(F)C(F)(F)C(F)(F)C(F)(F)[C@]2(F)C1(F)F. The van der Waals surface area contributed by atoms with Crippen molar-refractivity contribution < 1.29 is 83.4 Å².